The minimum absolute atomic E-state index is 0.159. The van der Waals surface area contributed by atoms with Gasteiger partial charge in [0.2, 0.25) is 5.91 Å². The third-order valence-corrected chi connectivity index (χ3v) is 5.45. The van der Waals surface area contributed by atoms with E-state index in [0.29, 0.717) is 22.4 Å². The van der Waals surface area contributed by atoms with E-state index in [0.717, 1.165) is 17.1 Å². The van der Waals surface area contributed by atoms with Gasteiger partial charge in [0.05, 0.1) is 16.5 Å². The van der Waals surface area contributed by atoms with Gasteiger partial charge in [0.1, 0.15) is 0 Å². The number of rotatable bonds is 8. The third kappa shape index (κ3) is 5.19. The van der Waals surface area contributed by atoms with Gasteiger partial charge in [0.25, 0.3) is 0 Å². The lowest BCUT2D eigenvalue weighted by Crippen LogP contribution is -2.15. The van der Waals surface area contributed by atoms with Gasteiger partial charge in [-0.2, -0.15) is 0 Å². The van der Waals surface area contributed by atoms with Crippen LogP contribution < -0.4 is 10.2 Å². The Labute approximate surface area is 179 Å². The molecular formula is C21H22ClN5OS. The van der Waals surface area contributed by atoms with Gasteiger partial charge in [-0.05, 0) is 36.4 Å². The van der Waals surface area contributed by atoms with Crippen molar-refractivity contribution in [2.24, 2.45) is 0 Å². The fraction of sp³-hybridized carbons (Fsp3) is 0.190. The second-order valence-corrected chi connectivity index (χ2v) is 7.81. The Balaban J connectivity index is 1.73. The first kappa shape index (κ1) is 21.0. The number of benzene rings is 2. The van der Waals surface area contributed by atoms with Crippen LogP contribution in [0.3, 0.4) is 0 Å². The van der Waals surface area contributed by atoms with Crippen molar-refractivity contribution in [3.05, 3.63) is 66.2 Å². The number of aromatic nitrogens is 3. The van der Waals surface area contributed by atoms with Crippen molar-refractivity contribution in [3.8, 4) is 11.4 Å². The summed E-state index contributed by atoms with van der Waals surface area (Å²) in [7, 11) is 4.00. The fourth-order valence-corrected chi connectivity index (χ4v) is 3.62. The molecule has 150 valence electrons. The van der Waals surface area contributed by atoms with Crippen LogP contribution in [-0.4, -0.2) is 40.5 Å². The molecule has 1 N–H and O–H groups in total. The molecule has 29 heavy (non-hydrogen) atoms. The second-order valence-electron chi connectivity index (χ2n) is 6.46. The first-order valence-corrected chi connectivity index (χ1v) is 10.3. The van der Waals surface area contributed by atoms with Crippen LogP contribution in [0.15, 0.2) is 66.3 Å². The van der Waals surface area contributed by atoms with Gasteiger partial charge in [0.15, 0.2) is 11.0 Å². The molecule has 1 aromatic heterocycles. The maximum absolute atomic E-state index is 12.3. The number of allylic oxidation sites excluding steroid dienone is 1. The Hall–Kier alpha value is -2.77. The molecule has 0 aliphatic rings. The first-order valence-electron chi connectivity index (χ1n) is 8.98. The van der Waals surface area contributed by atoms with Crippen LogP contribution in [0.25, 0.3) is 11.4 Å². The summed E-state index contributed by atoms with van der Waals surface area (Å²) in [5.41, 5.74) is 2.65. The molecule has 2 aromatic carbocycles. The highest BCUT2D eigenvalue weighted by atomic mass is 35.5. The number of carbonyl (C=O) groups excluding carboxylic acids is 1. The van der Waals surface area contributed by atoms with Crippen molar-refractivity contribution >= 4 is 40.6 Å². The van der Waals surface area contributed by atoms with E-state index < -0.39 is 0 Å². The van der Waals surface area contributed by atoms with E-state index in [2.05, 4.69) is 22.1 Å². The SMILES string of the molecule is C=CCn1c(SCC(=O)Nc2ccccc2Cl)nnc1-c1ccc(N(C)C)cc1. The Morgan fingerprint density at radius 2 is 1.93 bits per heavy atom. The zero-order chi connectivity index (χ0) is 20.8. The van der Waals surface area contributed by atoms with E-state index in [1.165, 1.54) is 11.8 Å². The zero-order valence-corrected chi connectivity index (χ0v) is 17.9. The predicted octanol–water partition coefficient (Wildman–Crippen LogP) is 4.58. The summed E-state index contributed by atoms with van der Waals surface area (Å²) in [5, 5.41) is 12.6. The monoisotopic (exact) mass is 427 g/mol. The molecule has 0 spiro atoms. The Morgan fingerprint density at radius 1 is 1.21 bits per heavy atom. The summed E-state index contributed by atoms with van der Waals surface area (Å²) in [5.74, 6) is 0.775. The number of carbonyl (C=O) groups is 1. The summed E-state index contributed by atoms with van der Waals surface area (Å²) >= 11 is 7.41. The zero-order valence-electron chi connectivity index (χ0n) is 16.3. The van der Waals surface area contributed by atoms with E-state index in [4.69, 9.17) is 11.6 Å². The highest BCUT2D eigenvalue weighted by Gasteiger charge is 2.15. The largest absolute Gasteiger partial charge is 0.378 e. The number of thioether (sulfide) groups is 1. The van der Waals surface area contributed by atoms with Crippen LogP contribution in [-0.2, 0) is 11.3 Å². The van der Waals surface area contributed by atoms with Crippen LogP contribution in [0.2, 0.25) is 5.02 Å². The molecule has 0 saturated heterocycles. The van der Waals surface area contributed by atoms with E-state index in [9.17, 15) is 4.79 Å². The van der Waals surface area contributed by atoms with E-state index in [-0.39, 0.29) is 11.7 Å². The van der Waals surface area contributed by atoms with Crippen molar-refractivity contribution in [2.75, 3.05) is 30.1 Å². The average molecular weight is 428 g/mol. The van der Waals surface area contributed by atoms with Crippen LogP contribution >= 0.6 is 23.4 Å². The highest BCUT2D eigenvalue weighted by molar-refractivity contribution is 7.99. The van der Waals surface area contributed by atoms with Gasteiger partial charge in [-0.25, -0.2) is 0 Å². The molecule has 0 radical (unpaired) electrons. The summed E-state index contributed by atoms with van der Waals surface area (Å²) in [4.78, 5) is 14.4. The minimum Gasteiger partial charge on any atom is -0.378 e. The Bertz CT molecular complexity index is 1000. The maximum atomic E-state index is 12.3. The van der Waals surface area contributed by atoms with Crippen molar-refractivity contribution in [2.45, 2.75) is 11.7 Å². The summed E-state index contributed by atoms with van der Waals surface area (Å²) in [6, 6.07) is 15.2. The predicted molar refractivity (Wildman–Crippen MR) is 121 cm³/mol. The molecule has 0 unspecified atom stereocenters. The highest BCUT2D eigenvalue weighted by Crippen LogP contribution is 2.26. The number of hydrogen-bond acceptors (Lipinski definition) is 5. The topological polar surface area (TPSA) is 63.1 Å². The molecule has 0 fully saturated rings. The molecule has 0 aliphatic heterocycles. The second kappa shape index (κ2) is 9.62. The molecule has 0 bridgehead atoms. The standard InChI is InChI=1S/C21H22ClN5OS/c1-4-13-27-20(15-9-11-16(12-10-15)26(2)3)24-25-21(27)29-14-19(28)23-18-8-6-5-7-17(18)22/h4-12H,1,13-14H2,2-3H3,(H,23,28). The summed E-state index contributed by atoms with van der Waals surface area (Å²) in [6.07, 6.45) is 1.79. The van der Waals surface area contributed by atoms with Crippen molar-refractivity contribution in [3.63, 3.8) is 0 Å². The maximum Gasteiger partial charge on any atom is 0.234 e. The Morgan fingerprint density at radius 3 is 2.59 bits per heavy atom. The number of anilines is 2. The van der Waals surface area contributed by atoms with Crippen molar-refractivity contribution in [1.82, 2.24) is 14.8 Å². The van der Waals surface area contributed by atoms with Crippen molar-refractivity contribution < 1.29 is 4.79 Å². The van der Waals surface area contributed by atoms with Gasteiger partial charge in [-0.15, -0.1) is 16.8 Å². The molecular weight excluding hydrogens is 406 g/mol. The smallest absolute Gasteiger partial charge is 0.234 e. The van der Waals surface area contributed by atoms with E-state index in [1.54, 1.807) is 18.2 Å². The van der Waals surface area contributed by atoms with Gasteiger partial charge in [0, 0.05) is 31.9 Å². The average Bonchev–Trinajstić information content (AvgIpc) is 3.11. The summed E-state index contributed by atoms with van der Waals surface area (Å²) in [6.45, 7) is 4.37. The molecule has 8 heteroatoms. The van der Waals surface area contributed by atoms with E-state index >= 15 is 0 Å². The normalized spacial score (nSPS) is 10.6. The lowest BCUT2D eigenvalue weighted by Gasteiger charge is -2.13. The molecule has 6 nitrogen and oxygen atoms in total. The number of para-hydroxylation sites is 1. The number of hydrogen-bond donors (Lipinski definition) is 1. The van der Waals surface area contributed by atoms with Gasteiger partial charge >= 0.3 is 0 Å². The molecule has 1 amide bonds. The number of nitrogens with one attached hydrogen (secondary N) is 1. The van der Waals surface area contributed by atoms with Gasteiger partial charge < -0.3 is 10.2 Å². The van der Waals surface area contributed by atoms with E-state index in [1.807, 2.05) is 60.0 Å². The minimum atomic E-state index is -0.159. The lowest BCUT2D eigenvalue weighted by molar-refractivity contribution is -0.113. The quantitative estimate of drug-likeness (QED) is 0.421. The number of halogens is 1. The van der Waals surface area contributed by atoms with Gasteiger partial charge in [-0.1, -0.05) is 41.6 Å². The summed E-state index contributed by atoms with van der Waals surface area (Å²) < 4.78 is 1.95. The number of nitrogens with zero attached hydrogens (tertiary/aromatic N) is 4. The van der Waals surface area contributed by atoms with Gasteiger partial charge in [-0.3, -0.25) is 9.36 Å². The van der Waals surface area contributed by atoms with Crippen LogP contribution in [0, 0.1) is 0 Å². The first-order chi connectivity index (χ1) is 14.0. The lowest BCUT2D eigenvalue weighted by atomic mass is 10.2. The molecule has 1 heterocycles. The van der Waals surface area contributed by atoms with Crippen LogP contribution in [0.4, 0.5) is 11.4 Å². The number of amides is 1. The third-order valence-electron chi connectivity index (χ3n) is 4.15. The molecule has 3 aromatic rings. The molecule has 0 aliphatic carbocycles. The molecule has 3 rings (SSSR count). The Kier molecular flexibility index (Phi) is 6.95. The fourth-order valence-electron chi connectivity index (χ4n) is 2.69. The van der Waals surface area contributed by atoms with Crippen LogP contribution in [0.5, 0.6) is 0 Å². The van der Waals surface area contributed by atoms with Crippen LogP contribution in [0.1, 0.15) is 0 Å². The molecule has 0 atom stereocenters. The van der Waals surface area contributed by atoms with Crippen molar-refractivity contribution in [1.29, 1.82) is 0 Å². The molecule has 0 saturated carbocycles.